The highest BCUT2D eigenvalue weighted by molar-refractivity contribution is 5.37. The van der Waals surface area contributed by atoms with Gasteiger partial charge in [-0.25, -0.2) is 0 Å². The van der Waals surface area contributed by atoms with E-state index in [0.29, 0.717) is 0 Å². The Morgan fingerprint density at radius 1 is 0.636 bits per heavy atom. The molecule has 118 valence electrons. The maximum atomic E-state index is 6.34. The van der Waals surface area contributed by atoms with Gasteiger partial charge in [0, 0.05) is 0 Å². The predicted molar refractivity (Wildman–Crippen MR) is 90.4 cm³/mol. The largest absolute Gasteiger partial charge is 0.491 e. The fourth-order valence-electron chi connectivity index (χ4n) is 2.24. The molecule has 2 rings (SSSR count). The van der Waals surface area contributed by atoms with E-state index in [9.17, 15) is 0 Å². The Morgan fingerprint density at radius 3 is 1.23 bits per heavy atom. The molecule has 2 N–H and O–H groups in total. The van der Waals surface area contributed by atoms with Crippen LogP contribution in [0.3, 0.4) is 0 Å². The van der Waals surface area contributed by atoms with Crippen molar-refractivity contribution in [2.45, 2.75) is 45.9 Å². The minimum atomic E-state index is -0.152. The molecule has 22 heavy (non-hydrogen) atoms. The summed E-state index contributed by atoms with van der Waals surface area (Å²) in [6.45, 7) is 8.06. The van der Waals surface area contributed by atoms with Crippen LogP contribution in [0.1, 0.15) is 44.9 Å². The molecule has 0 fully saturated rings. The first-order chi connectivity index (χ1) is 10.5. The molecule has 0 saturated carbocycles. The molecule has 0 spiro atoms. The molecule has 0 radical (unpaired) electrons. The molecule has 2 aromatic carbocycles. The zero-order chi connectivity index (χ0) is 16.1. The van der Waals surface area contributed by atoms with Crippen molar-refractivity contribution < 1.29 is 9.47 Å². The van der Waals surface area contributed by atoms with Gasteiger partial charge in [0.25, 0.3) is 0 Å². The molecule has 0 unspecified atom stereocenters. The van der Waals surface area contributed by atoms with Gasteiger partial charge in [-0.05, 0) is 63.1 Å². The van der Waals surface area contributed by atoms with Gasteiger partial charge in [0.1, 0.15) is 11.5 Å². The maximum Gasteiger partial charge on any atom is 0.119 e. The van der Waals surface area contributed by atoms with Crippen molar-refractivity contribution in [1.29, 1.82) is 0 Å². The van der Waals surface area contributed by atoms with E-state index in [-0.39, 0.29) is 18.2 Å². The first kappa shape index (κ1) is 16.4. The molecular weight excluding hydrogens is 274 g/mol. The van der Waals surface area contributed by atoms with E-state index in [0.717, 1.165) is 22.6 Å². The van der Waals surface area contributed by atoms with Gasteiger partial charge in [-0.2, -0.15) is 0 Å². The highest BCUT2D eigenvalue weighted by atomic mass is 16.5. The lowest BCUT2D eigenvalue weighted by Crippen LogP contribution is -2.12. The average molecular weight is 299 g/mol. The number of benzene rings is 2. The lowest BCUT2D eigenvalue weighted by atomic mass is 9.99. The Morgan fingerprint density at radius 2 is 0.955 bits per heavy atom. The summed E-state index contributed by atoms with van der Waals surface area (Å²) in [5.41, 5.74) is 8.46. The van der Waals surface area contributed by atoms with E-state index >= 15 is 0 Å². The third kappa shape index (κ3) is 4.50. The van der Waals surface area contributed by atoms with Crippen LogP contribution in [-0.2, 0) is 0 Å². The van der Waals surface area contributed by atoms with Crippen molar-refractivity contribution in [3.63, 3.8) is 0 Å². The van der Waals surface area contributed by atoms with E-state index in [4.69, 9.17) is 15.2 Å². The molecule has 0 aliphatic carbocycles. The van der Waals surface area contributed by atoms with Crippen LogP contribution in [0.2, 0.25) is 0 Å². The second-order valence-electron chi connectivity index (χ2n) is 5.95. The normalized spacial score (nSPS) is 11.3. The molecule has 0 atom stereocenters. The summed E-state index contributed by atoms with van der Waals surface area (Å²) in [6, 6.07) is 15.8. The quantitative estimate of drug-likeness (QED) is 0.864. The Kier molecular flexibility index (Phi) is 5.45. The monoisotopic (exact) mass is 299 g/mol. The van der Waals surface area contributed by atoms with Crippen LogP contribution in [0.5, 0.6) is 11.5 Å². The van der Waals surface area contributed by atoms with Crippen molar-refractivity contribution in [2.75, 3.05) is 0 Å². The van der Waals surface area contributed by atoms with E-state index in [2.05, 4.69) is 0 Å². The fraction of sp³-hybridized carbons (Fsp3) is 0.368. The molecule has 3 nitrogen and oxygen atoms in total. The van der Waals surface area contributed by atoms with Crippen LogP contribution in [0.15, 0.2) is 48.5 Å². The van der Waals surface area contributed by atoms with Crippen LogP contribution in [-0.4, -0.2) is 12.2 Å². The van der Waals surface area contributed by atoms with Gasteiger partial charge >= 0.3 is 0 Å². The van der Waals surface area contributed by atoms with Crippen molar-refractivity contribution in [2.24, 2.45) is 5.73 Å². The number of rotatable bonds is 6. The van der Waals surface area contributed by atoms with Crippen LogP contribution in [0.4, 0.5) is 0 Å². The summed E-state index contributed by atoms with van der Waals surface area (Å²) in [4.78, 5) is 0. The second kappa shape index (κ2) is 7.32. The lowest BCUT2D eigenvalue weighted by molar-refractivity contribution is 0.242. The van der Waals surface area contributed by atoms with E-state index in [1.54, 1.807) is 0 Å². The van der Waals surface area contributed by atoms with Crippen LogP contribution in [0.25, 0.3) is 0 Å². The zero-order valence-corrected chi connectivity index (χ0v) is 13.7. The van der Waals surface area contributed by atoms with Gasteiger partial charge in [-0.15, -0.1) is 0 Å². The predicted octanol–water partition coefficient (Wildman–Crippen LogP) is 4.31. The van der Waals surface area contributed by atoms with Crippen LogP contribution >= 0.6 is 0 Å². The lowest BCUT2D eigenvalue weighted by Gasteiger charge is -2.16. The van der Waals surface area contributed by atoms with Gasteiger partial charge in [0.15, 0.2) is 0 Å². The summed E-state index contributed by atoms with van der Waals surface area (Å²) >= 11 is 0. The molecule has 0 amide bonds. The Bertz CT molecular complexity index is 520. The Hall–Kier alpha value is -2.00. The standard InChI is InChI=1S/C19H25NO2/c1-13(2)21-17-9-5-15(6-10-17)19(20)16-7-11-18(12-8-16)22-14(3)4/h5-14,19H,20H2,1-4H3. The van der Waals surface area contributed by atoms with E-state index < -0.39 is 0 Å². The van der Waals surface area contributed by atoms with Crippen molar-refractivity contribution in [3.8, 4) is 11.5 Å². The van der Waals surface area contributed by atoms with Gasteiger partial charge < -0.3 is 15.2 Å². The molecule has 0 aliphatic heterocycles. The number of hydrogen-bond donors (Lipinski definition) is 1. The highest BCUT2D eigenvalue weighted by Crippen LogP contribution is 2.24. The van der Waals surface area contributed by atoms with Gasteiger partial charge in [-0.1, -0.05) is 24.3 Å². The Balaban J connectivity index is 2.08. The minimum Gasteiger partial charge on any atom is -0.491 e. The third-order valence-electron chi connectivity index (χ3n) is 3.22. The van der Waals surface area contributed by atoms with Gasteiger partial charge in [0.05, 0.1) is 18.2 Å². The molecular formula is C19H25NO2. The summed E-state index contributed by atoms with van der Waals surface area (Å²) in [5.74, 6) is 1.73. The number of ether oxygens (including phenoxy) is 2. The number of nitrogens with two attached hydrogens (primary N) is 1. The molecule has 0 aromatic heterocycles. The minimum absolute atomic E-state index is 0.152. The average Bonchev–Trinajstić information content (AvgIpc) is 2.47. The molecule has 0 aliphatic rings. The van der Waals surface area contributed by atoms with Crippen LogP contribution < -0.4 is 15.2 Å². The summed E-state index contributed by atoms with van der Waals surface area (Å²) in [5, 5.41) is 0. The highest BCUT2D eigenvalue weighted by Gasteiger charge is 2.10. The first-order valence-electron chi connectivity index (χ1n) is 7.74. The summed E-state index contributed by atoms with van der Waals surface area (Å²) in [7, 11) is 0. The Labute approximate surface area is 133 Å². The SMILES string of the molecule is CC(C)Oc1ccc(C(N)c2ccc(OC(C)C)cc2)cc1. The molecule has 3 heteroatoms. The first-order valence-corrected chi connectivity index (χ1v) is 7.74. The third-order valence-corrected chi connectivity index (χ3v) is 3.22. The molecule has 2 aromatic rings. The van der Waals surface area contributed by atoms with Gasteiger partial charge in [-0.3, -0.25) is 0 Å². The summed E-state index contributed by atoms with van der Waals surface area (Å²) in [6.07, 6.45) is 0.348. The van der Waals surface area contributed by atoms with Crippen LogP contribution in [0, 0.1) is 0 Å². The fourth-order valence-corrected chi connectivity index (χ4v) is 2.24. The zero-order valence-electron chi connectivity index (χ0n) is 13.7. The molecule has 0 bridgehead atoms. The van der Waals surface area contributed by atoms with Crippen molar-refractivity contribution >= 4 is 0 Å². The second-order valence-corrected chi connectivity index (χ2v) is 5.95. The topological polar surface area (TPSA) is 44.5 Å². The van der Waals surface area contributed by atoms with Gasteiger partial charge in [0.2, 0.25) is 0 Å². The smallest absolute Gasteiger partial charge is 0.119 e. The molecule has 0 heterocycles. The van der Waals surface area contributed by atoms with E-state index in [1.165, 1.54) is 0 Å². The molecule has 0 saturated heterocycles. The maximum absolute atomic E-state index is 6.34. The van der Waals surface area contributed by atoms with Crippen molar-refractivity contribution in [1.82, 2.24) is 0 Å². The van der Waals surface area contributed by atoms with E-state index in [1.807, 2.05) is 76.2 Å². The number of hydrogen-bond acceptors (Lipinski definition) is 3. The summed E-state index contributed by atoms with van der Waals surface area (Å²) < 4.78 is 11.3. The van der Waals surface area contributed by atoms with Crippen molar-refractivity contribution in [3.05, 3.63) is 59.7 Å².